The molecule has 0 saturated heterocycles. The molecule has 0 atom stereocenters. The molecular weight excluding hydrogens is 202 g/mol. The summed E-state index contributed by atoms with van der Waals surface area (Å²) < 4.78 is 1.64. The van der Waals surface area contributed by atoms with Gasteiger partial charge in [0.15, 0.2) is 11.2 Å². The van der Waals surface area contributed by atoms with Crippen molar-refractivity contribution in [2.75, 3.05) is 0 Å². The van der Waals surface area contributed by atoms with E-state index in [0.29, 0.717) is 0 Å². The first-order chi connectivity index (χ1) is 7.86. The van der Waals surface area contributed by atoms with Gasteiger partial charge in [-0.3, -0.25) is 0 Å². The van der Waals surface area contributed by atoms with Crippen molar-refractivity contribution in [3.8, 4) is 11.3 Å². The number of nitrogens with zero attached hydrogens (tertiary/aromatic N) is 5. The van der Waals surface area contributed by atoms with Crippen LogP contribution in [-0.2, 0) is 7.05 Å². The lowest BCUT2D eigenvalue weighted by Gasteiger charge is -1.99. The molecule has 0 unspecified atom stereocenters. The molecule has 0 spiro atoms. The molecule has 0 aliphatic heterocycles. The number of rotatable bonds is 1. The second-order valence-corrected chi connectivity index (χ2v) is 3.47. The van der Waals surface area contributed by atoms with Crippen molar-refractivity contribution in [2.45, 2.75) is 0 Å². The Balaban J connectivity index is 2.32. The lowest BCUT2D eigenvalue weighted by Crippen LogP contribution is -1.93. The topological polar surface area (TPSA) is 56.5 Å². The molecule has 78 valence electrons. The zero-order valence-corrected chi connectivity index (χ0v) is 8.70. The van der Waals surface area contributed by atoms with Gasteiger partial charge in [-0.1, -0.05) is 35.5 Å². The van der Waals surface area contributed by atoms with Crippen molar-refractivity contribution in [2.24, 2.45) is 7.05 Å². The molecule has 5 heteroatoms. The maximum Gasteiger partial charge on any atom is 0.181 e. The van der Waals surface area contributed by atoms with Crippen LogP contribution in [0.2, 0.25) is 0 Å². The summed E-state index contributed by atoms with van der Waals surface area (Å²) in [6.45, 7) is 0. The van der Waals surface area contributed by atoms with E-state index in [1.54, 1.807) is 4.68 Å². The molecule has 3 rings (SSSR count). The fourth-order valence-corrected chi connectivity index (χ4v) is 1.66. The average Bonchev–Trinajstić information content (AvgIpc) is 2.73. The summed E-state index contributed by atoms with van der Waals surface area (Å²) in [5.41, 5.74) is 3.32. The smallest absolute Gasteiger partial charge is 0.181 e. The van der Waals surface area contributed by atoms with Gasteiger partial charge in [0.25, 0.3) is 0 Å². The second-order valence-electron chi connectivity index (χ2n) is 3.47. The van der Waals surface area contributed by atoms with Crippen LogP contribution < -0.4 is 0 Å². The van der Waals surface area contributed by atoms with E-state index in [4.69, 9.17) is 0 Å². The molecule has 0 amide bonds. The number of hydrogen-bond donors (Lipinski definition) is 0. The molecule has 2 heterocycles. The van der Waals surface area contributed by atoms with Gasteiger partial charge < -0.3 is 0 Å². The summed E-state index contributed by atoms with van der Waals surface area (Å²) in [4.78, 5) is 8.42. The molecular formula is C11H9N5. The minimum atomic E-state index is 0.733. The van der Waals surface area contributed by atoms with Gasteiger partial charge in [-0.05, 0) is 0 Å². The van der Waals surface area contributed by atoms with Gasteiger partial charge in [0.1, 0.15) is 12.0 Å². The van der Waals surface area contributed by atoms with E-state index in [1.165, 1.54) is 6.33 Å². The van der Waals surface area contributed by atoms with Crippen molar-refractivity contribution in [3.05, 3.63) is 36.7 Å². The van der Waals surface area contributed by atoms with Gasteiger partial charge in [-0.25, -0.2) is 14.6 Å². The zero-order valence-electron chi connectivity index (χ0n) is 8.70. The van der Waals surface area contributed by atoms with Gasteiger partial charge in [-0.2, -0.15) is 0 Å². The molecule has 0 bridgehead atoms. The van der Waals surface area contributed by atoms with E-state index in [1.807, 2.05) is 37.4 Å². The first-order valence-electron chi connectivity index (χ1n) is 4.92. The normalized spacial score (nSPS) is 10.8. The van der Waals surface area contributed by atoms with Crippen LogP contribution in [0.4, 0.5) is 0 Å². The van der Waals surface area contributed by atoms with Crippen LogP contribution in [0.3, 0.4) is 0 Å². The summed E-state index contributed by atoms with van der Waals surface area (Å²) in [6.07, 6.45) is 1.54. The summed E-state index contributed by atoms with van der Waals surface area (Å²) >= 11 is 0. The summed E-state index contributed by atoms with van der Waals surface area (Å²) in [6, 6.07) is 9.91. The van der Waals surface area contributed by atoms with Gasteiger partial charge in [0, 0.05) is 12.6 Å². The molecule has 5 nitrogen and oxygen atoms in total. The fraction of sp³-hybridized carbons (Fsp3) is 0.0909. The molecule has 0 aliphatic rings. The van der Waals surface area contributed by atoms with Crippen LogP contribution in [0.5, 0.6) is 0 Å². The molecule has 1 aromatic carbocycles. The molecule has 0 N–H and O–H groups in total. The number of aromatic nitrogens is 5. The first kappa shape index (κ1) is 8.96. The van der Waals surface area contributed by atoms with E-state index in [-0.39, 0.29) is 0 Å². The Hall–Kier alpha value is -2.30. The van der Waals surface area contributed by atoms with Crippen molar-refractivity contribution in [1.82, 2.24) is 25.0 Å². The maximum atomic E-state index is 4.26. The van der Waals surface area contributed by atoms with E-state index in [2.05, 4.69) is 20.3 Å². The third-order valence-corrected chi connectivity index (χ3v) is 2.44. The maximum absolute atomic E-state index is 4.26. The van der Waals surface area contributed by atoms with E-state index >= 15 is 0 Å². The van der Waals surface area contributed by atoms with Crippen LogP contribution in [0.15, 0.2) is 36.7 Å². The quantitative estimate of drug-likeness (QED) is 0.611. The number of benzene rings is 1. The van der Waals surface area contributed by atoms with Crippen LogP contribution in [0.25, 0.3) is 22.4 Å². The average molecular weight is 211 g/mol. The molecule has 0 aliphatic carbocycles. The summed E-state index contributed by atoms with van der Waals surface area (Å²) in [5.74, 6) is 0. The lowest BCUT2D eigenvalue weighted by molar-refractivity contribution is 0.729. The Bertz CT molecular complexity index is 629. The van der Waals surface area contributed by atoms with Crippen LogP contribution in [0, 0.1) is 0 Å². The standard InChI is InChI=1S/C11H9N5/c1-16-11-10(14-15-16)9(12-7-13-11)8-5-3-2-4-6-8/h2-7H,1H3. The minimum Gasteiger partial charge on any atom is -0.234 e. The van der Waals surface area contributed by atoms with E-state index in [9.17, 15) is 0 Å². The Morgan fingerprint density at radius 3 is 2.69 bits per heavy atom. The first-order valence-corrected chi connectivity index (χ1v) is 4.92. The van der Waals surface area contributed by atoms with Gasteiger partial charge in [0.2, 0.25) is 0 Å². The summed E-state index contributed by atoms with van der Waals surface area (Å²) in [5, 5.41) is 8.03. The van der Waals surface area contributed by atoms with Crippen molar-refractivity contribution < 1.29 is 0 Å². The Morgan fingerprint density at radius 2 is 1.88 bits per heavy atom. The van der Waals surface area contributed by atoms with Crippen molar-refractivity contribution >= 4 is 11.2 Å². The lowest BCUT2D eigenvalue weighted by atomic mass is 10.1. The monoisotopic (exact) mass is 211 g/mol. The van der Waals surface area contributed by atoms with E-state index < -0.39 is 0 Å². The highest BCUT2D eigenvalue weighted by Gasteiger charge is 2.10. The number of fused-ring (bicyclic) bond motifs is 1. The predicted molar refractivity (Wildman–Crippen MR) is 59.5 cm³/mol. The highest BCUT2D eigenvalue weighted by atomic mass is 15.4. The summed E-state index contributed by atoms with van der Waals surface area (Å²) in [7, 11) is 1.82. The van der Waals surface area contributed by atoms with Crippen LogP contribution in [-0.4, -0.2) is 25.0 Å². The van der Waals surface area contributed by atoms with Gasteiger partial charge in [0.05, 0.1) is 0 Å². The molecule has 2 aromatic heterocycles. The van der Waals surface area contributed by atoms with E-state index in [0.717, 1.165) is 22.4 Å². The Kier molecular flexibility index (Phi) is 1.89. The van der Waals surface area contributed by atoms with Gasteiger partial charge in [-0.15, -0.1) is 5.10 Å². The third kappa shape index (κ3) is 1.25. The fourth-order valence-electron chi connectivity index (χ4n) is 1.66. The predicted octanol–water partition coefficient (Wildman–Crippen LogP) is 1.43. The molecule has 3 aromatic rings. The van der Waals surface area contributed by atoms with Crippen molar-refractivity contribution in [1.29, 1.82) is 0 Å². The zero-order chi connectivity index (χ0) is 11.0. The number of hydrogen-bond acceptors (Lipinski definition) is 4. The van der Waals surface area contributed by atoms with Crippen molar-refractivity contribution in [3.63, 3.8) is 0 Å². The minimum absolute atomic E-state index is 0.733. The largest absolute Gasteiger partial charge is 0.234 e. The van der Waals surface area contributed by atoms with Gasteiger partial charge >= 0.3 is 0 Å². The molecule has 16 heavy (non-hydrogen) atoms. The molecule has 0 saturated carbocycles. The highest BCUT2D eigenvalue weighted by molar-refractivity contribution is 5.86. The SMILES string of the molecule is Cn1nnc2c(-c3ccccc3)ncnc21. The third-order valence-electron chi connectivity index (χ3n) is 2.44. The molecule has 0 radical (unpaired) electrons. The second kappa shape index (κ2) is 3.37. The molecule has 0 fully saturated rings. The van der Waals surface area contributed by atoms with Crippen LogP contribution in [0.1, 0.15) is 0 Å². The Labute approximate surface area is 91.8 Å². The van der Waals surface area contributed by atoms with Crippen LogP contribution >= 0.6 is 0 Å². The highest BCUT2D eigenvalue weighted by Crippen LogP contribution is 2.22. The number of aryl methyl sites for hydroxylation is 1. The Morgan fingerprint density at radius 1 is 1.06 bits per heavy atom.